The summed E-state index contributed by atoms with van der Waals surface area (Å²) >= 11 is 0. The molecule has 2 aromatic rings. The molecule has 0 spiro atoms. The van der Waals surface area contributed by atoms with E-state index in [0.717, 1.165) is 109 Å². The standard InChI is InChI=1S/C39H53NO6.C31H49NO3.C8H4O3.CH3F.CH4/c1-34(2)28-13-16-39(7)30(37(28,5)15-14-29(34)40-31(42)23-11-9-10-12-24(23)32(43)44)27(41)21-25-26-22-36(4,33(45)46-8)18-17-35(26,3)19-20-38(25,39)6;1-26(2)22-9-12-31(7)24(29(22,5)11-10-23(26)32)21(33)17-19-20-18-28(4,25(34)35-8)14-13-27(20,3)15-16-30(19,31)6;9-7-5-3-1-2-4-6(5)8(10)11-7;1-2;/h9-12,21,26,28-30H,13-20,22H2,1-8H3,(H,40,42)(H,43,44);17,20,22-24H,9-16,18,32H2,1-8H3;1-4H;1H3;1H4/t26-,28-,29?,30+,35+,36-,37-,38+,39+;20-,22-,23?,24+,27+,28-,29-,30+,31+;;;/m00.../s1/i;;;1D;. The van der Waals surface area contributed by atoms with Gasteiger partial charge in [-0.25, -0.2) is 14.4 Å². The Bertz CT molecular complexity index is 3510. The summed E-state index contributed by atoms with van der Waals surface area (Å²) in [5, 5.41) is 12.9. The van der Waals surface area contributed by atoms with Crippen LogP contribution in [-0.4, -0.2) is 85.9 Å². The summed E-state index contributed by atoms with van der Waals surface area (Å²) in [5.41, 5.74) is 8.48. The number of esters is 4. The van der Waals surface area contributed by atoms with E-state index in [9.17, 15) is 47.9 Å². The Morgan fingerprint density at radius 3 is 1.37 bits per heavy atom. The van der Waals surface area contributed by atoms with Crippen molar-refractivity contribution in [3.8, 4) is 0 Å². The number of ketones is 2. The molecule has 1 aliphatic heterocycles. The van der Waals surface area contributed by atoms with Gasteiger partial charge in [0.25, 0.3) is 5.91 Å². The van der Waals surface area contributed by atoms with Crippen molar-refractivity contribution in [3.63, 3.8) is 0 Å². The Hall–Kier alpha value is -5.83. The van der Waals surface area contributed by atoms with E-state index in [-0.39, 0.29) is 138 Å². The van der Waals surface area contributed by atoms with Gasteiger partial charge in [-0.2, -0.15) is 0 Å². The third kappa shape index (κ3) is 11.0. The van der Waals surface area contributed by atoms with Crippen LogP contribution in [0.5, 0.6) is 0 Å². The summed E-state index contributed by atoms with van der Waals surface area (Å²) < 4.78 is 30.4. The lowest BCUT2D eigenvalue weighted by atomic mass is 9.33. The average molecular weight is 1310 g/mol. The lowest BCUT2D eigenvalue weighted by Gasteiger charge is -2.70. The van der Waals surface area contributed by atoms with E-state index >= 15 is 0 Å². The minimum atomic E-state index is -1.12. The van der Waals surface area contributed by atoms with Crippen molar-refractivity contribution >= 4 is 47.3 Å². The van der Waals surface area contributed by atoms with Crippen LogP contribution in [0.2, 0.25) is 0 Å². The summed E-state index contributed by atoms with van der Waals surface area (Å²) in [6.07, 6.45) is 21.6. The van der Waals surface area contributed by atoms with Gasteiger partial charge in [0.15, 0.2) is 11.6 Å². The smallest absolute Gasteiger partial charge is 0.346 e. The number of cyclic esters (lactones) is 2. The van der Waals surface area contributed by atoms with Crippen molar-refractivity contribution in [3.05, 3.63) is 94.1 Å². The quantitative estimate of drug-likeness (QED) is 0.144. The zero-order valence-corrected chi connectivity index (χ0v) is 59.2. The van der Waals surface area contributed by atoms with Gasteiger partial charge >= 0.3 is 29.8 Å². The van der Waals surface area contributed by atoms with Crippen LogP contribution >= 0.6 is 0 Å². The molecule has 2 aromatic carbocycles. The van der Waals surface area contributed by atoms with Crippen molar-refractivity contribution in [1.29, 1.82) is 0 Å². The number of benzene rings is 2. The summed E-state index contributed by atoms with van der Waals surface area (Å²) in [6.45, 7) is 32.6. The molecule has 10 aliphatic carbocycles. The predicted molar refractivity (Wildman–Crippen MR) is 365 cm³/mol. The molecule has 95 heavy (non-hydrogen) atoms. The van der Waals surface area contributed by atoms with E-state index < -0.39 is 35.9 Å². The number of nitrogens with one attached hydrogen (secondary N) is 1. The average Bonchev–Trinajstić information content (AvgIpc) is 0.719. The van der Waals surface area contributed by atoms with Crippen molar-refractivity contribution in [2.45, 2.75) is 232 Å². The number of nitrogens with two attached hydrogens (primary N) is 1. The number of alkyl halides is 1. The first-order chi connectivity index (χ1) is 44.2. The maximum absolute atomic E-state index is 14.7. The van der Waals surface area contributed by atoms with Crippen LogP contribution in [0.25, 0.3) is 0 Å². The summed E-state index contributed by atoms with van der Waals surface area (Å²) in [5.74, 6) is -1.16. The second-order valence-electron chi connectivity index (χ2n) is 34.9. The minimum Gasteiger partial charge on any atom is -0.478 e. The minimum absolute atomic E-state index is 0. The van der Waals surface area contributed by atoms with Gasteiger partial charge < -0.3 is 30.4 Å². The van der Waals surface area contributed by atoms with Gasteiger partial charge in [0.1, 0.15) is 0 Å². The number of rotatable bonds is 5. The number of carbonyl (C=O) groups excluding carboxylic acids is 7. The molecule has 18 atom stereocenters. The van der Waals surface area contributed by atoms with E-state index in [2.05, 4.69) is 106 Å². The number of allylic oxidation sites excluding steroid dienone is 4. The molecule has 1 amide bonds. The molecule has 15 heteroatoms. The second-order valence-corrected chi connectivity index (χ2v) is 34.9. The molecule has 4 N–H and O–H groups in total. The largest absolute Gasteiger partial charge is 0.478 e. The van der Waals surface area contributed by atoms with E-state index in [0.29, 0.717) is 22.8 Å². The molecular weight excluding hydrogens is 1200 g/mol. The Morgan fingerprint density at radius 2 is 0.947 bits per heavy atom. The van der Waals surface area contributed by atoms with Crippen LogP contribution in [0.3, 0.4) is 0 Å². The Kier molecular flexibility index (Phi) is 18.8. The molecule has 2 unspecified atom stereocenters. The molecule has 1 heterocycles. The molecule has 8 saturated carbocycles. The zero-order valence-electron chi connectivity index (χ0n) is 60.2. The van der Waals surface area contributed by atoms with Crippen LogP contribution < -0.4 is 11.1 Å². The highest BCUT2D eigenvalue weighted by atomic mass is 19.1. The fourth-order valence-corrected chi connectivity index (χ4v) is 23.7. The molecule has 0 aromatic heterocycles. The van der Waals surface area contributed by atoms with Gasteiger partial charge in [0, 0.05) is 23.9 Å². The van der Waals surface area contributed by atoms with Gasteiger partial charge in [-0.3, -0.25) is 28.4 Å². The van der Waals surface area contributed by atoms with Gasteiger partial charge in [-0.05, 0) is 244 Å². The second kappa shape index (κ2) is 24.9. The zero-order chi connectivity index (χ0) is 70.0. The lowest BCUT2D eigenvalue weighted by Crippen LogP contribution is -2.67. The number of carboxylic acid groups (broad SMARTS) is 1. The number of halogens is 1. The number of ether oxygens (including phenoxy) is 3. The number of amides is 1. The molecule has 522 valence electrons. The van der Waals surface area contributed by atoms with E-state index in [1.54, 1.807) is 42.5 Å². The van der Waals surface area contributed by atoms with Crippen LogP contribution in [0, 0.1) is 100 Å². The third-order valence-corrected chi connectivity index (χ3v) is 29.9. The highest BCUT2D eigenvalue weighted by Crippen LogP contribution is 2.77. The number of methoxy groups -OCH3 is 2. The monoisotopic (exact) mass is 1310 g/mol. The third-order valence-electron chi connectivity index (χ3n) is 29.9. The number of hydrogen-bond acceptors (Lipinski definition) is 12. The molecule has 0 saturated heterocycles. The Morgan fingerprint density at radius 1 is 0.558 bits per heavy atom. The number of carboxylic acids is 1. The van der Waals surface area contributed by atoms with E-state index in [1.807, 2.05) is 13.0 Å². The topological polar surface area (TPSA) is 223 Å². The first-order valence-corrected chi connectivity index (χ1v) is 35.0. The summed E-state index contributed by atoms with van der Waals surface area (Å²) in [4.78, 5) is 102. The Labute approximate surface area is 567 Å². The maximum Gasteiger partial charge on any atom is 0.346 e. The first-order valence-electron chi connectivity index (χ1n) is 35.7. The number of fused-ring (bicyclic) bond motifs is 15. The van der Waals surface area contributed by atoms with Crippen LogP contribution in [0.4, 0.5) is 4.39 Å². The van der Waals surface area contributed by atoms with Crippen molar-refractivity contribution in [2.75, 3.05) is 21.4 Å². The number of aromatic carboxylic acids is 1. The lowest BCUT2D eigenvalue weighted by molar-refractivity contribution is -0.189. The van der Waals surface area contributed by atoms with Crippen molar-refractivity contribution in [2.24, 2.45) is 106 Å². The Balaban J connectivity index is 0.000000189. The molecule has 8 fully saturated rings. The van der Waals surface area contributed by atoms with Gasteiger partial charge in [0.05, 0.1) is 55.8 Å². The highest BCUT2D eigenvalue weighted by molar-refractivity contribution is 6.14. The summed E-state index contributed by atoms with van der Waals surface area (Å²) in [7, 11) is 2.00. The van der Waals surface area contributed by atoms with Gasteiger partial charge in [-0.15, -0.1) is 0 Å². The van der Waals surface area contributed by atoms with E-state index in [4.69, 9.17) is 16.6 Å². The van der Waals surface area contributed by atoms with Gasteiger partial charge in [0.2, 0.25) is 0 Å². The fourth-order valence-electron chi connectivity index (χ4n) is 23.7. The molecule has 0 radical (unpaired) electrons. The molecule has 0 bridgehead atoms. The maximum atomic E-state index is 14.7. The van der Waals surface area contributed by atoms with Crippen LogP contribution in [0.1, 0.15) is 263 Å². The molecule has 14 nitrogen and oxygen atoms in total. The number of hydrogen-bond donors (Lipinski definition) is 3. The van der Waals surface area contributed by atoms with Crippen molar-refractivity contribution < 1.29 is 63.4 Å². The predicted octanol–water partition coefficient (Wildman–Crippen LogP) is 16.3. The fraction of sp³-hybridized carbons (Fsp3) is 0.700. The normalized spacial score (nSPS) is 42.0. The summed E-state index contributed by atoms with van der Waals surface area (Å²) in [6, 6.07) is 13.0. The van der Waals surface area contributed by atoms with Crippen LogP contribution in [0.15, 0.2) is 71.8 Å². The highest BCUT2D eigenvalue weighted by Gasteiger charge is 2.73. The van der Waals surface area contributed by atoms with Gasteiger partial charge in [-0.1, -0.05) is 126 Å². The molecular formula is C80H113FN2O12. The molecule has 11 aliphatic rings. The molecule has 13 rings (SSSR count). The van der Waals surface area contributed by atoms with Crippen molar-refractivity contribution in [1.82, 2.24) is 5.32 Å². The SMILES string of the molecule is C.COC(=O)[C@@]1(C)CC[C@]2(C)CC[C@]3(C)C(=CC(=O)[C@@H]4[C@@]5(C)CCC(N)C(C)(C)[C@@H]5CC[C@]43C)[C@@H]2C1.COC(=O)[C@@]1(C)CC[C@]2(C)CC[C@]3(C)C(=CC(=O)[C@@H]4[C@@]5(C)CCC(NC(=O)c6ccccc6C(=O)O)C(C)(C)[C@@H]5CC[C@]43C)[C@@H]2C1.O=C1OC(=O)c2ccccc21.[2H]CF. The number of carbonyl (C=O) groups is 8. The van der Waals surface area contributed by atoms with E-state index in [1.165, 1.54) is 37.9 Å². The first kappa shape index (κ1) is 71.9. The van der Waals surface area contributed by atoms with Crippen LogP contribution in [-0.2, 0) is 33.4 Å².